The van der Waals surface area contributed by atoms with E-state index in [2.05, 4.69) is 22.9 Å². The van der Waals surface area contributed by atoms with Crippen LogP contribution in [0, 0.1) is 0 Å². The largest absolute Gasteiger partial charge is 0.477 e. The van der Waals surface area contributed by atoms with Gasteiger partial charge in [0.05, 0.1) is 6.20 Å². The fourth-order valence-corrected chi connectivity index (χ4v) is 1.41. The molecule has 0 spiro atoms. The summed E-state index contributed by atoms with van der Waals surface area (Å²) in [6.07, 6.45) is 5.97. The zero-order valence-corrected chi connectivity index (χ0v) is 9.80. The summed E-state index contributed by atoms with van der Waals surface area (Å²) in [6.45, 7) is 5.16. The lowest BCUT2D eigenvalue weighted by Crippen LogP contribution is -2.39. The van der Waals surface area contributed by atoms with Crippen LogP contribution in [-0.4, -0.2) is 29.7 Å². The molecule has 1 aliphatic heterocycles. The highest BCUT2D eigenvalue weighted by atomic mass is 35.5. The van der Waals surface area contributed by atoms with Crippen LogP contribution in [0.1, 0.15) is 18.9 Å². The van der Waals surface area contributed by atoms with Crippen LogP contribution >= 0.6 is 12.4 Å². The van der Waals surface area contributed by atoms with E-state index in [4.69, 9.17) is 4.74 Å². The lowest BCUT2D eigenvalue weighted by atomic mass is 10.2. The van der Waals surface area contributed by atoms with Crippen molar-refractivity contribution < 1.29 is 4.74 Å². The fraction of sp³-hybridized carbons (Fsp3) is 0.545. The van der Waals surface area contributed by atoms with Gasteiger partial charge in [0.2, 0.25) is 0 Å². The Balaban J connectivity index is 0.00000112. The lowest BCUT2D eigenvalue weighted by Gasteiger charge is -2.30. The number of halogens is 1. The topological polar surface area (TPSA) is 25.4 Å². The van der Waals surface area contributed by atoms with Gasteiger partial charge >= 0.3 is 0 Å². The Bertz CT molecular complexity index is 302. The monoisotopic (exact) mass is 228 g/mol. The number of likely N-dealkylation sites (tertiary alicyclic amines) is 1. The van der Waals surface area contributed by atoms with Crippen molar-refractivity contribution in [2.45, 2.75) is 19.8 Å². The van der Waals surface area contributed by atoms with Crippen LogP contribution in [0.4, 0.5) is 0 Å². The fourth-order valence-electron chi connectivity index (χ4n) is 1.41. The Morgan fingerprint density at radius 3 is 2.80 bits per heavy atom. The van der Waals surface area contributed by atoms with E-state index < -0.39 is 0 Å². The summed E-state index contributed by atoms with van der Waals surface area (Å²) < 4.78 is 5.62. The Kier molecular flexibility index (Phi) is 4.85. The molecule has 0 unspecified atom stereocenters. The predicted molar refractivity (Wildman–Crippen MR) is 62.5 cm³/mol. The highest BCUT2D eigenvalue weighted by Crippen LogP contribution is 2.13. The molecule has 0 aromatic carbocycles. The normalized spacial score (nSPS) is 15.3. The molecule has 0 saturated carbocycles. The maximum absolute atomic E-state index is 5.62. The summed E-state index contributed by atoms with van der Waals surface area (Å²) in [4.78, 5) is 6.41. The third-order valence-corrected chi connectivity index (χ3v) is 2.54. The first-order valence-electron chi connectivity index (χ1n) is 5.17. The van der Waals surface area contributed by atoms with Crippen LogP contribution in [0.15, 0.2) is 18.5 Å². The minimum absolute atomic E-state index is 0. The summed E-state index contributed by atoms with van der Waals surface area (Å²) >= 11 is 0. The van der Waals surface area contributed by atoms with Gasteiger partial charge in [-0.15, -0.1) is 12.4 Å². The highest BCUT2D eigenvalue weighted by Gasteiger charge is 2.13. The van der Waals surface area contributed by atoms with Gasteiger partial charge in [-0.2, -0.15) is 0 Å². The van der Waals surface area contributed by atoms with E-state index in [1.54, 1.807) is 6.20 Å². The molecule has 0 N–H and O–H groups in total. The molecule has 1 aromatic rings. The Labute approximate surface area is 96.9 Å². The van der Waals surface area contributed by atoms with Gasteiger partial charge in [0, 0.05) is 19.3 Å². The molecule has 0 bridgehead atoms. The summed E-state index contributed by atoms with van der Waals surface area (Å²) in [5.41, 5.74) is 1.23. The first-order chi connectivity index (χ1) is 6.88. The van der Waals surface area contributed by atoms with Crippen LogP contribution in [0.2, 0.25) is 0 Å². The van der Waals surface area contributed by atoms with Gasteiger partial charge in [-0.25, -0.2) is 0 Å². The van der Waals surface area contributed by atoms with Crippen LogP contribution in [0.5, 0.6) is 5.75 Å². The molecule has 1 aliphatic rings. The number of rotatable bonds is 4. The third-order valence-electron chi connectivity index (χ3n) is 2.54. The number of pyridine rings is 1. The average Bonchev–Trinajstić information content (AvgIpc) is 2.16. The first kappa shape index (κ1) is 12.3. The summed E-state index contributed by atoms with van der Waals surface area (Å²) in [6, 6.07) is 2.06. The van der Waals surface area contributed by atoms with Gasteiger partial charge < -0.3 is 4.74 Å². The average molecular weight is 229 g/mol. The second-order valence-corrected chi connectivity index (χ2v) is 3.63. The minimum atomic E-state index is 0. The molecule has 15 heavy (non-hydrogen) atoms. The van der Waals surface area contributed by atoms with Crippen LogP contribution in [0.25, 0.3) is 0 Å². The van der Waals surface area contributed by atoms with Crippen molar-refractivity contribution in [1.82, 2.24) is 9.88 Å². The number of aryl methyl sites for hydroxylation is 1. The van der Waals surface area contributed by atoms with Gasteiger partial charge in [0.25, 0.3) is 0 Å². The van der Waals surface area contributed by atoms with Gasteiger partial charge in [0.15, 0.2) is 0 Å². The van der Waals surface area contributed by atoms with Crippen molar-refractivity contribution in [3.05, 3.63) is 24.0 Å². The molecule has 2 rings (SSSR count). The third kappa shape index (κ3) is 3.36. The zero-order chi connectivity index (χ0) is 9.80. The van der Waals surface area contributed by atoms with Crippen molar-refractivity contribution in [3.63, 3.8) is 0 Å². The molecule has 0 amide bonds. The molecule has 2 heterocycles. The maximum Gasteiger partial charge on any atom is 0.142 e. The smallest absolute Gasteiger partial charge is 0.142 e. The van der Waals surface area contributed by atoms with Crippen molar-refractivity contribution in [1.29, 1.82) is 0 Å². The van der Waals surface area contributed by atoms with E-state index in [0.29, 0.717) is 6.73 Å². The first-order valence-corrected chi connectivity index (χ1v) is 5.17. The van der Waals surface area contributed by atoms with Crippen LogP contribution < -0.4 is 4.74 Å². The van der Waals surface area contributed by atoms with Crippen molar-refractivity contribution in [2.75, 3.05) is 19.8 Å². The Morgan fingerprint density at radius 2 is 2.20 bits per heavy atom. The number of aromatic nitrogens is 1. The van der Waals surface area contributed by atoms with Crippen LogP contribution in [-0.2, 0) is 6.42 Å². The molecule has 0 atom stereocenters. The molecule has 0 radical (unpaired) electrons. The molecule has 1 saturated heterocycles. The van der Waals surface area contributed by atoms with E-state index in [0.717, 1.165) is 12.2 Å². The highest BCUT2D eigenvalue weighted by molar-refractivity contribution is 5.85. The number of hydrogen-bond donors (Lipinski definition) is 0. The number of ether oxygens (including phenoxy) is 1. The van der Waals surface area contributed by atoms with E-state index in [-0.39, 0.29) is 12.4 Å². The Morgan fingerprint density at radius 1 is 1.40 bits per heavy atom. The van der Waals surface area contributed by atoms with E-state index in [9.17, 15) is 0 Å². The van der Waals surface area contributed by atoms with Gasteiger partial charge in [-0.1, -0.05) is 6.92 Å². The molecule has 1 fully saturated rings. The summed E-state index contributed by atoms with van der Waals surface area (Å²) in [5, 5.41) is 0. The van der Waals surface area contributed by atoms with Crippen molar-refractivity contribution in [3.8, 4) is 5.75 Å². The predicted octanol–water partition coefficient (Wildman–Crippen LogP) is 2.11. The SMILES string of the molecule is CCc1cncc(OCN2CCC2)c1.Cl. The standard InChI is InChI=1S/C11H16N2O.ClH/c1-2-10-6-11(8-12-7-10)14-9-13-4-3-5-13;/h6-8H,2-5,9H2,1H3;1H. The Hall–Kier alpha value is -0.800. The second kappa shape index (κ2) is 5.93. The lowest BCUT2D eigenvalue weighted by molar-refractivity contribution is 0.0728. The van der Waals surface area contributed by atoms with E-state index in [1.165, 1.54) is 25.1 Å². The van der Waals surface area contributed by atoms with E-state index >= 15 is 0 Å². The summed E-state index contributed by atoms with van der Waals surface area (Å²) in [7, 11) is 0. The second-order valence-electron chi connectivity index (χ2n) is 3.63. The van der Waals surface area contributed by atoms with Crippen molar-refractivity contribution in [2.24, 2.45) is 0 Å². The van der Waals surface area contributed by atoms with Gasteiger partial charge in [0.1, 0.15) is 12.5 Å². The van der Waals surface area contributed by atoms with Crippen molar-refractivity contribution >= 4 is 12.4 Å². The van der Waals surface area contributed by atoms with Crippen LogP contribution in [0.3, 0.4) is 0 Å². The summed E-state index contributed by atoms with van der Waals surface area (Å²) in [5.74, 6) is 0.885. The number of nitrogens with zero attached hydrogens (tertiary/aromatic N) is 2. The molecule has 84 valence electrons. The molecule has 0 aliphatic carbocycles. The van der Waals surface area contributed by atoms with E-state index in [1.807, 2.05) is 6.20 Å². The number of hydrogen-bond acceptors (Lipinski definition) is 3. The maximum atomic E-state index is 5.62. The zero-order valence-electron chi connectivity index (χ0n) is 8.98. The molecular formula is C11H17ClN2O. The molecular weight excluding hydrogens is 212 g/mol. The van der Waals surface area contributed by atoms with Gasteiger partial charge in [-0.05, 0) is 24.5 Å². The minimum Gasteiger partial charge on any atom is -0.477 e. The quantitative estimate of drug-likeness (QED) is 0.790. The molecule has 3 nitrogen and oxygen atoms in total. The molecule has 4 heteroatoms. The van der Waals surface area contributed by atoms with Gasteiger partial charge in [-0.3, -0.25) is 9.88 Å². The molecule has 1 aromatic heterocycles.